The van der Waals surface area contributed by atoms with Crippen LogP contribution in [0.3, 0.4) is 0 Å². The molecule has 1 aromatic heterocycles. The third-order valence-electron chi connectivity index (χ3n) is 3.81. The first-order chi connectivity index (χ1) is 13.7. The minimum absolute atomic E-state index is 0.0640. The molecule has 2 aromatic carbocycles. The van der Waals surface area contributed by atoms with E-state index in [4.69, 9.17) is 9.47 Å². The van der Waals surface area contributed by atoms with Crippen molar-refractivity contribution in [1.82, 2.24) is 10.3 Å². The Labute approximate surface area is 163 Å². The van der Waals surface area contributed by atoms with Crippen molar-refractivity contribution in [3.63, 3.8) is 0 Å². The molecule has 1 aliphatic heterocycles. The standard InChI is InChI=1S/C16H9F3N4O5S/c17-15(18,19)16(27-10-3-1-2-4-11(10)28-16)22-13(24)21-14-20-9-6-5-8(23(25)26)7-12(9)29-14/h1-7H,(H2,20,21,22,24). The molecule has 0 saturated heterocycles. The number of para-hydroxylation sites is 2. The fraction of sp³-hybridized carbons (Fsp3) is 0.125. The van der Waals surface area contributed by atoms with Crippen LogP contribution in [0.4, 0.5) is 28.8 Å². The number of hydrogen-bond acceptors (Lipinski definition) is 7. The summed E-state index contributed by atoms with van der Waals surface area (Å²) in [6.07, 6.45) is -5.10. The van der Waals surface area contributed by atoms with E-state index in [0.717, 1.165) is 11.3 Å². The number of rotatable bonds is 3. The lowest BCUT2D eigenvalue weighted by Crippen LogP contribution is -2.65. The highest BCUT2D eigenvalue weighted by molar-refractivity contribution is 7.22. The van der Waals surface area contributed by atoms with E-state index >= 15 is 0 Å². The van der Waals surface area contributed by atoms with Crippen molar-refractivity contribution in [2.75, 3.05) is 5.32 Å². The van der Waals surface area contributed by atoms with Gasteiger partial charge in [-0.25, -0.2) is 9.78 Å². The van der Waals surface area contributed by atoms with Gasteiger partial charge >= 0.3 is 18.1 Å². The average molecular weight is 426 g/mol. The number of non-ortho nitro benzene ring substituents is 1. The summed E-state index contributed by atoms with van der Waals surface area (Å²) in [7, 11) is 0. The number of ether oxygens (including phenoxy) is 2. The van der Waals surface area contributed by atoms with Gasteiger partial charge in [-0.3, -0.25) is 20.7 Å². The molecular formula is C16H9F3N4O5S. The van der Waals surface area contributed by atoms with Crippen LogP contribution in [0, 0.1) is 10.1 Å². The third-order valence-corrected chi connectivity index (χ3v) is 4.74. The molecule has 4 rings (SSSR count). The van der Waals surface area contributed by atoms with Crippen molar-refractivity contribution in [3.8, 4) is 11.5 Å². The Morgan fingerprint density at radius 2 is 1.83 bits per heavy atom. The Bertz CT molecular complexity index is 1110. The van der Waals surface area contributed by atoms with Crippen LogP contribution >= 0.6 is 11.3 Å². The Morgan fingerprint density at radius 1 is 1.17 bits per heavy atom. The quantitative estimate of drug-likeness (QED) is 0.483. The maximum atomic E-state index is 13.6. The number of benzene rings is 2. The largest absolute Gasteiger partial charge is 0.492 e. The summed E-state index contributed by atoms with van der Waals surface area (Å²) in [6.45, 7) is 0. The number of nitro groups is 1. The predicted octanol–water partition coefficient (Wildman–Crippen LogP) is 4.01. The second-order valence-electron chi connectivity index (χ2n) is 5.77. The molecule has 0 unspecified atom stereocenters. The Morgan fingerprint density at radius 3 is 2.41 bits per heavy atom. The van der Waals surface area contributed by atoms with Gasteiger partial charge in [-0.2, -0.15) is 13.2 Å². The van der Waals surface area contributed by atoms with Gasteiger partial charge in [-0.15, -0.1) is 0 Å². The monoisotopic (exact) mass is 426 g/mol. The number of aromatic nitrogens is 1. The fourth-order valence-corrected chi connectivity index (χ4v) is 3.44. The highest BCUT2D eigenvalue weighted by Crippen LogP contribution is 2.45. The maximum absolute atomic E-state index is 13.6. The molecule has 29 heavy (non-hydrogen) atoms. The van der Waals surface area contributed by atoms with Crippen LogP contribution in [0.5, 0.6) is 11.5 Å². The van der Waals surface area contributed by atoms with Crippen LogP contribution in [0.15, 0.2) is 42.5 Å². The van der Waals surface area contributed by atoms with Crippen molar-refractivity contribution < 1.29 is 32.4 Å². The molecule has 0 spiro atoms. The van der Waals surface area contributed by atoms with Gasteiger partial charge in [0.2, 0.25) is 0 Å². The summed E-state index contributed by atoms with van der Waals surface area (Å²) in [5.41, 5.74) is 0.154. The number of thiazole rings is 1. The topological polar surface area (TPSA) is 116 Å². The number of anilines is 1. The van der Waals surface area contributed by atoms with Crippen LogP contribution in [0.2, 0.25) is 0 Å². The first kappa shape index (κ1) is 18.7. The highest BCUT2D eigenvalue weighted by atomic mass is 32.1. The highest BCUT2D eigenvalue weighted by Gasteiger charge is 2.65. The lowest BCUT2D eigenvalue weighted by molar-refractivity contribution is -0.384. The zero-order valence-electron chi connectivity index (χ0n) is 14.0. The molecule has 2 N–H and O–H groups in total. The number of fused-ring (bicyclic) bond motifs is 2. The summed E-state index contributed by atoms with van der Waals surface area (Å²) in [5, 5.41) is 14.6. The Balaban J connectivity index is 1.55. The second kappa shape index (κ2) is 6.48. The summed E-state index contributed by atoms with van der Waals surface area (Å²) < 4.78 is 50.9. The molecule has 9 nitrogen and oxygen atoms in total. The zero-order chi connectivity index (χ0) is 20.8. The van der Waals surface area contributed by atoms with E-state index in [-0.39, 0.29) is 22.3 Å². The van der Waals surface area contributed by atoms with Crippen molar-refractivity contribution in [3.05, 3.63) is 52.6 Å². The van der Waals surface area contributed by atoms with Gasteiger partial charge in [0.05, 0.1) is 15.1 Å². The molecule has 1 aliphatic rings. The van der Waals surface area contributed by atoms with Gasteiger partial charge < -0.3 is 9.47 Å². The van der Waals surface area contributed by atoms with Crippen LogP contribution < -0.4 is 20.1 Å². The number of halogens is 3. The third kappa shape index (κ3) is 3.35. The summed E-state index contributed by atoms with van der Waals surface area (Å²) in [5.74, 6) is -3.77. The molecule has 13 heteroatoms. The molecule has 0 radical (unpaired) electrons. The van der Waals surface area contributed by atoms with Crippen LogP contribution in [-0.4, -0.2) is 28.0 Å². The minimum atomic E-state index is -5.10. The van der Waals surface area contributed by atoms with Gasteiger partial charge in [-0.05, 0) is 18.2 Å². The van der Waals surface area contributed by atoms with E-state index in [1.807, 2.05) is 0 Å². The van der Waals surface area contributed by atoms with Crippen molar-refractivity contribution >= 4 is 38.4 Å². The number of amides is 2. The van der Waals surface area contributed by atoms with Gasteiger partial charge in [-0.1, -0.05) is 23.5 Å². The predicted molar refractivity (Wildman–Crippen MR) is 94.9 cm³/mol. The molecule has 2 heterocycles. The normalized spacial score (nSPS) is 14.6. The van der Waals surface area contributed by atoms with E-state index < -0.39 is 23.0 Å². The number of nitro benzene ring substituents is 1. The van der Waals surface area contributed by atoms with E-state index in [9.17, 15) is 28.1 Å². The van der Waals surface area contributed by atoms with Gasteiger partial charge in [0.15, 0.2) is 16.6 Å². The molecular weight excluding hydrogens is 417 g/mol. The fourth-order valence-electron chi connectivity index (χ4n) is 2.55. The smallest absolute Gasteiger partial charge is 0.424 e. The molecule has 2 amide bonds. The van der Waals surface area contributed by atoms with Crippen LogP contribution in [-0.2, 0) is 0 Å². The van der Waals surface area contributed by atoms with Crippen molar-refractivity contribution in [2.45, 2.75) is 12.1 Å². The molecule has 0 saturated carbocycles. The number of carbonyl (C=O) groups excluding carboxylic acids is 1. The lowest BCUT2D eigenvalue weighted by atomic mass is 10.3. The lowest BCUT2D eigenvalue weighted by Gasteiger charge is -2.29. The number of carbonyl (C=O) groups is 1. The van der Waals surface area contributed by atoms with Gasteiger partial charge in [0.25, 0.3) is 5.69 Å². The molecule has 0 bridgehead atoms. The van der Waals surface area contributed by atoms with Gasteiger partial charge in [0, 0.05) is 12.1 Å². The van der Waals surface area contributed by atoms with E-state index in [1.54, 1.807) is 5.32 Å². The number of alkyl halides is 3. The Hall–Kier alpha value is -3.61. The molecule has 0 aliphatic carbocycles. The van der Waals surface area contributed by atoms with Crippen LogP contribution in [0.25, 0.3) is 10.2 Å². The van der Waals surface area contributed by atoms with E-state index in [0.29, 0.717) is 10.2 Å². The average Bonchev–Trinajstić information content (AvgIpc) is 3.20. The second-order valence-corrected chi connectivity index (χ2v) is 6.80. The van der Waals surface area contributed by atoms with Crippen molar-refractivity contribution in [1.29, 1.82) is 0 Å². The van der Waals surface area contributed by atoms with Gasteiger partial charge in [0.1, 0.15) is 0 Å². The molecule has 3 aromatic rings. The van der Waals surface area contributed by atoms with Crippen LogP contribution in [0.1, 0.15) is 0 Å². The summed E-state index contributed by atoms with van der Waals surface area (Å²) >= 11 is 0.858. The minimum Gasteiger partial charge on any atom is -0.424 e. The first-order valence-electron chi connectivity index (χ1n) is 7.85. The molecule has 150 valence electrons. The SMILES string of the molecule is O=C(Nc1nc2ccc([N+](=O)[O-])cc2s1)NC1(C(F)(F)F)Oc2ccccc2O1. The zero-order valence-corrected chi connectivity index (χ0v) is 14.8. The summed E-state index contributed by atoms with van der Waals surface area (Å²) in [4.78, 5) is 26.4. The molecule has 0 fully saturated rings. The number of nitrogens with zero attached hydrogens (tertiary/aromatic N) is 2. The number of urea groups is 1. The first-order valence-corrected chi connectivity index (χ1v) is 8.66. The van der Waals surface area contributed by atoms with E-state index in [2.05, 4.69) is 10.3 Å². The maximum Gasteiger partial charge on any atom is 0.492 e. The summed E-state index contributed by atoms with van der Waals surface area (Å²) in [6, 6.07) is 7.98. The van der Waals surface area contributed by atoms with E-state index in [1.165, 1.54) is 42.5 Å². The number of nitrogens with one attached hydrogen (secondary N) is 2. The number of hydrogen-bond donors (Lipinski definition) is 2. The van der Waals surface area contributed by atoms with Crippen molar-refractivity contribution in [2.24, 2.45) is 0 Å². The molecule has 0 atom stereocenters. The Kier molecular flexibility index (Phi) is 4.19.